The van der Waals surface area contributed by atoms with Gasteiger partial charge in [-0.3, -0.25) is 4.79 Å². The molecule has 3 atom stereocenters. The van der Waals surface area contributed by atoms with Crippen LogP contribution in [0.2, 0.25) is 0 Å². The standard InChI is InChI=1S/C18H17NO2/c1-11-7-8-15-13(9-11)19-18-16(21-15)10-14(20)17(18)12-5-3-2-4-6-12/h2-9,16-19H,10H2,1H3/t16-,17-,18-/m1/s1. The molecule has 1 saturated carbocycles. The fraction of sp³-hybridized carbons (Fsp3) is 0.278. The van der Waals surface area contributed by atoms with Crippen LogP contribution in [-0.4, -0.2) is 17.9 Å². The Hall–Kier alpha value is -2.29. The lowest BCUT2D eigenvalue weighted by atomic mass is 9.92. The van der Waals surface area contributed by atoms with Gasteiger partial charge in [-0.05, 0) is 30.2 Å². The van der Waals surface area contributed by atoms with Crippen molar-refractivity contribution >= 4 is 11.5 Å². The third-order valence-corrected chi connectivity index (χ3v) is 4.40. The molecular formula is C18H17NO2. The van der Waals surface area contributed by atoms with Gasteiger partial charge in [-0.25, -0.2) is 0 Å². The second kappa shape index (κ2) is 4.62. The molecule has 0 amide bonds. The third kappa shape index (κ3) is 2.00. The van der Waals surface area contributed by atoms with Crippen LogP contribution in [0.3, 0.4) is 0 Å². The van der Waals surface area contributed by atoms with Crippen LogP contribution >= 0.6 is 0 Å². The number of aryl methyl sites for hydroxylation is 1. The highest BCUT2D eigenvalue weighted by Gasteiger charge is 2.47. The number of hydrogen-bond donors (Lipinski definition) is 1. The number of nitrogens with one attached hydrogen (secondary N) is 1. The predicted octanol–water partition coefficient (Wildman–Crippen LogP) is 3.29. The molecule has 1 N–H and O–H groups in total. The lowest BCUT2D eigenvalue weighted by molar-refractivity contribution is -0.119. The predicted molar refractivity (Wildman–Crippen MR) is 81.8 cm³/mol. The van der Waals surface area contributed by atoms with Gasteiger partial charge in [-0.1, -0.05) is 36.4 Å². The first kappa shape index (κ1) is 12.5. The number of ether oxygens (including phenoxy) is 1. The quantitative estimate of drug-likeness (QED) is 0.870. The zero-order valence-corrected chi connectivity index (χ0v) is 11.9. The second-order valence-corrected chi connectivity index (χ2v) is 5.88. The summed E-state index contributed by atoms with van der Waals surface area (Å²) >= 11 is 0. The lowest BCUT2D eigenvalue weighted by Gasteiger charge is -2.33. The summed E-state index contributed by atoms with van der Waals surface area (Å²) in [7, 11) is 0. The van der Waals surface area contributed by atoms with Gasteiger partial charge in [0.25, 0.3) is 0 Å². The van der Waals surface area contributed by atoms with E-state index in [0.29, 0.717) is 6.42 Å². The maximum Gasteiger partial charge on any atom is 0.146 e. The minimum Gasteiger partial charge on any atom is -0.486 e. The molecule has 0 unspecified atom stereocenters. The van der Waals surface area contributed by atoms with Crippen molar-refractivity contribution in [3.05, 3.63) is 59.7 Å². The molecule has 0 aromatic heterocycles. The van der Waals surface area contributed by atoms with Crippen LogP contribution < -0.4 is 10.1 Å². The number of hydrogen-bond acceptors (Lipinski definition) is 3. The summed E-state index contributed by atoms with van der Waals surface area (Å²) < 4.78 is 6.05. The summed E-state index contributed by atoms with van der Waals surface area (Å²) in [6.45, 7) is 2.06. The van der Waals surface area contributed by atoms with Crippen molar-refractivity contribution in [1.29, 1.82) is 0 Å². The van der Waals surface area contributed by atoms with Crippen LogP contribution in [0.25, 0.3) is 0 Å². The third-order valence-electron chi connectivity index (χ3n) is 4.40. The van der Waals surface area contributed by atoms with Gasteiger partial charge in [0.15, 0.2) is 0 Å². The van der Waals surface area contributed by atoms with E-state index in [0.717, 1.165) is 17.0 Å². The van der Waals surface area contributed by atoms with Crippen LogP contribution in [0.4, 0.5) is 5.69 Å². The fourth-order valence-corrected chi connectivity index (χ4v) is 3.41. The molecule has 3 nitrogen and oxygen atoms in total. The maximum absolute atomic E-state index is 12.4. The number of ketones is 1. The average Bonchev–Trinajstić information content (AvgIpc) is 2.80. The molecule has 3 heteroatoms. The molecule has 4 rings (SSSR count). The van der Waals surface area contributed by atoms with Gasteiger partial charge in [0.2, 0.25) is 0 Å². The van der Waals surface area contributed by atoms with Crippen molar-refractivity contribution in [3.8, 4) is 5.75 Å². The van der Waals surface area contributed by atoms with Crippen molar-refractivity contribution < 1.29 is 9.53 Å². The minimum atomic E-state index is -0.120. The highest BCUT2D eigenvalue weighted by Crippen LogP contribution is 2.42. The van der Waals surface area contributed by atoms with Gasteiger partial charge < -0.3 is 10.1 Å². The lowest BCUT2D eigenvalue weighted by Crippen LogP contribution is -2.40. The molecule has 0 bridgehead atoms. The Bertz CT molecular complexity index is 696. The van der Waals surface area contributed by atoms with E-state index in [1.165, 1.54) is 5.56 Å². The van der Waals surface area contributed by atoms with Gasteiger partial charge in [0.1, 0.15) is 17.6 Å². The summed E-state index contributed by atoms with van der Waals surface area (Å²) in [6.07, 6.45) is 0.405. The summed E-state index contributed by atoms with van der Waals surface area (Å²) in [6, 6.07) is 16.1. The Labute approximate surface area is 123 Å². The number of carbonyl (C=O) groups is 1. The average molecular weight is 279 g/mol. The zero-order valence-electron chi connectivity index (χ0n) is 11.9. The molecule has 0 radical (unpaired) electrons. The van der Waals surface area contributed by atoms with Crippen molar-refractivity contribution in [3.63, 3.8) is 0 Å². The van der Waals surface area contributed by atoms with E-state index in [2.05, 4.69) is 18.3 Å². The van der Waals surface area contributed by atoms with Crippen LogP contribution in [0, 0.1) is 6.92 Å². The first-order chi connectivity index (χ1) is 10.2. The number of Topliss-reactive ketones (excluding diaryl/α,β-unsaturated/α-hetero) is 1. The first-order valence-corrected chi connectivity index (χ1v) is 7.34. The Morgan fingerprint density at radius 1 is 1.14 bits per heavy atom. The molecule has 1 heterocycles. The molecule has 2 aliphatic rings. The van der Waals surface area contributed by atoms with Crippen molar-refractivity contribution in [1.82, 2.24) is 0 Å². The van der Waals surface area contributed by atoms with Gasteiger partial charge >= 0.3 is 0 Å². The number of benzene rings is 2. The molecule has 2 aromatic carbocycles. The molecule has 106 valence electrons. The van der Waals surface area contributed by atoms with Crippen LogP contribution in [-0.2, 0) is 4.79 Å². The number of carbonyl (C=O) groups excluding carboxylic acids is 1. The zero-order chi connectivity index (χ0) is 14.4. The maximum atomic E-state index is 12.4. The second-order valence-electron chi connectivity index (χ2n) is 5.88. The van der Waals surface area contributed by atoms with E-state index in [4.69, 9.17) is 4.74 Å². The molecule has 1 aliphatic carbocycles. The topological polar surface area (TPSA) is 38.3 Å². The first-order valence-electron chi connectivity index (χ1n) is 7.34. The SMILES string of the molecule is Cc1ccc2c(c1)N[C@@H]1[C@@H](CC(=O)[C@H]1c1ccccc1)O2. The molecular weight excluding hydrogens is 262 g/mol. The number of rotatable bonds is 1. The Kier molecular flexibility index (Phi) is 2.74. The molecule has 1 aliphatic heterocycles. The van der Waals surface area contributed by atoms with Crippen LogP contribution in [0.15, 0.2) is 48.5 Å². The summed E-state index contributed by atoms with van der Waals surface area (Å²) in [5.41, 5.74) is 3.25. The minimum absolute atomic E-state index is 0.0224. The van der Waals surface area contributed by atoms with Crippen molar-refractivity contribution in [2.24, 2.45) is 0 Å². The summed E-state index contributed by atoms with van der Waals surface area (Å²) in [5.74, 6) is 0.987. The van der Waals surface area contributed by atoms with Crippen LogP contribution in [0.1, 0.15) is 23.5 Å². The molecule has 0 saturated heterocycles. The molecule has 0 spiro atoms. The normalized spacial score (nSPS) is 26.5. The van der Waals surface area contributed by atoms with E-state index in [-0.39, 0.29) is 23.8 Å². The van der Waals surface area contributed by atoms with Gasteiger partial charge in [-0.2, -0.15) is 0 Å². The van der Waals surface area contributed by atoms with Gasteiger partial charge in [0, 0.05) is 6.42 Å². The number of anilines is 1. The van der Waals surface area contributed by atoms with Crippen molar-refractivity contribution in [2.75, 3.05) is 5.32 Å². The van der Waals surface area contributed by atoms with E-state index in [1.54, 1.807) is 0 Å². The van der Waals surface area contributed by atoms with E-state index in [1.807, 2.05) is 42.5 Å². The van der Waals surface area contributed by atoms with E-state index >= 15 is 0 Å². The van der Waals surface area contributed by atoms with Gasteiger partial charge in [-0.15, -0.1) is 0 Å². The highest BCUT2D eigenvalue weighted by molar-refractivity contribution is 5.91. The molecule has 21 heavy (non-hydrogen) atoms. The van der Waals surface area contributed by atoms with E-state index in [9.17, 15) is 4.79 Å². The smallest absolute Gasteiger partial charge is 0.146 e. The fourth-order valence-electron chi connectivity index (χ4n) is 3.41. The van der Waals surface area contributed by atoms with Gasteiger partial charge in [0.05, 0.1) is 17.6 Å². The highest BCUT2D eigenvalue weighted by atomic mass is 16.5. The van der Waals surface area contributed by atoms with E-state index < -0.39 is 0 Å². The summed E-state index contributed by atoms with van der Waals surface area (Å²) in [5, 5.41) is 3.53. The van der Waals surface area contributed by atoms with Crippen molar-refractivity contribution in [2.45, 2.75) is 31.4 Å². The Morgan fingerprint density at radius 2 is 1.95 bits per heavy atom. The molecule has 2 aromatic rings. The number of fused-ring (bicyclic) bond motifs is 2. The Morgan fingerprint density at radius 3 is 2.76 bits per heavy atom. The van der Waals surface area contributed by atoms with Crippen LogP contribution in [0.5, 0.6) is 5.75 Å². The monoisotopic (exact) mass is 279 g/mol. The Balaban J connectivity index is 1.72. The summed E-state index contributed by atoms with van der Waals surface area (Å²) in [4.78, 5) is 12.4. The molecule has 1 fully saturated rings. The largest absolute Gasteiger partial charge is 0.486 e.